The van der Waals surface area contributed by atoms with E-state index in [1.807, 2.05) is 30.3 Å². The van der Waals surface area contributed by atoms with Gasteiger partial charge in [-0.1, -0.05) is 36.4 Å². The van der Waals surface area contributed by atoms with Crippen LogP contribution in [-0.4, -0.2) is 35.0 Å². The molecule has 0 unspecified atom stereocenters. The SMILES string of the molecule is CC(C)(C)OC(=O)N[C@@](C)(Cc1ccc(-c2cccc(F)c2)cc1)CC1(C)C(=O)OC(C)(C)OC1=O. The Morgan fingerprint density at radius 3 is 2.06 bits per heavy atom. The smallest absolute Gasteiger partial charge is 0.408 e. The Morgan fingerprint density at radius 2 is 1.53 bits per heavy atom. The zero-order valence-electron chi connectivity index (χ0n) is 21.9. The molecule has 1 aliphatic rings. The number of esters is 2. The first-order valence-electron chi connectivity index (χ1n) is 11.8. The van der Waals surface area contributed by atoms with Crippen molar-refractivity contribution >= 4 is 18.0 Å². The van der Waals surface area contributed by atoms with Gasteiger partial charge in [-0.05, 0) is 76.3 Å². The van der Waals surface area contributed by atoms with Crippen molar-refractivity contribution in [2.24, 2.45) is 5.41 Å². The number of hydrogen-bond donors (Lipinski definition) is 1. The van der Waals surface area contributed by atoms with Crippen molar-refractivity contribution in [3.05, 3.63) is 59.9 Å². The summed E-state index contributed by atoms with van der Waals surface area (Å²) in [6.07, 6.45) is -0.490. The van der Waals surface area contributed by atoms with E-state index < -0.39 is 40.4 Å². The van der Waals surface area contributed by atoms with Crippen LogP contribution in [0, 0.1) is 11.2 Å². The second-order valence-electron chi connectivity index (χ2n) is 11.3. The van der Waals surface area contributed by atoms with Crippen molar-refractivity contribution in [3.63, 3.8) is 0 Å². The number of alkyl carbamates (subject to hydrolysis) is 1. The average Bonchev–Trinajstić information content (AvgIpc) is 2.70. The third-order valence-electron chi connectivity index (χ3n) is 5.83. The Morgan fingerprint density at radius 1 is 0.944 bits per heavy atom. The van der Waals surface area contributed by atoms with Crippen molar-refractivity contribution in [2.75, 3.05) is 0 Å². The molecule has 1 fully saturated rings. The van der Waals surface area contributed by atoms with Crippen molar-refractivity contribution in [1.82, 2.24) is 5.32 Å². The highest BCUT2D eigenvalue weighted by Gasteiger charge is 2.56. The molecule has 1 aliphatic heterocycles. The van der Waals surface area contributed by atoms with Gasteiger partial charge in [-0.15, -0.1) is 0 Å². The van der Waals surface area contributed by atoms with E-state index in [4.69, 9.17) is 14.2 Å². The minimum absolute atomic E-state index is 0.0847. The minimum atomic E-state index is -1.64. The predicted octanol–water partition coefficient (Wildman–Crippen LogP) is 5.55. The van der Waals surface area contributed by atoms with Gasteiger partial charge in [0.15, 0.2) is 5.41 Å². The molecular formula is C28H34FNO6. The molecule has 194 valence electrons. The van der Waals surface area contributed by atoms with E-state index in [1.165, 1.54) is 32.9 Å². The molecule has 36 heavy (non-hydrogen) atoms. The maximum atomic E-state index is 13.6. The Kier molecular flexibility index (Phi) is 7.22. The number of carbonyl (C=O) groups excluding carboxylic acids is 3. The van der Waals surface area contributed by atoms with Gasteiger partial charge in [0.25, 0.3) is 5.79 Å². The Bertz CT molecular complexity index is 1130. The first-order valence-corrected chi connectivity index (χ1v) is 11.8. The van der Waals surface area contributed by atoms with Crippen LogP contribution < -0.4 is 5.32 Å². The topological polar surface area (TPSA) is 90.9 Å². The summed E-state index contributed by atoms with van der Waals surface area (Å²) in [5.41, 5.74) is -1.07. The van der Waals surface area contributed by atoms with Gasteiger partial charge >= 0.3 is 18.0 Å². The highest BCUT2D eigenvalue weighted by molar-refractivity contribution is 6.01. The van der Waals surface area contributed by atoms with Crippen LogP contribution in [0.25, 0.3) is 11.1 Å². The van der Waals surface area contributed by atoms with Crippen LogP contribution in [0.5, 0.6) is 0 Å². The molecule has 8 heteroatoms. The van der Waals surface area contributed by atoms with Gasteiger partial charge in [-0.25, -0.2) is 9.18 Å². The molecule has 0 bridgehead atoms. The molecule has 2 aromatic rings. The average molecular weight is 500 g/mol. The fraction of sp³-hybridized carbons (Fsp3) is 0.464. The molecule has 1 saturated heterocycles. The van der Waals surface area contributed by atoms with Gasteiger partial charge in [0.2, 0.25) is 0 Å². The fourth-order valence-electron chi connectivity index (χ4n) is 4.34. The van der Waals surface area contributed by atoms with Crippen LogP contribution >= 0.6 is 0 Å². The Balaban J connectivity index is 1.90. The second-order valence-corrected chi connectivity index (χ2v) is 11.3. The van der Waals surface area contributed by atoms with Crippen LogP contribution in [-0.2, 0) is 30.2 Å². The van der Waals surface area contributed by atoms with Crippen LogP contribution in [0.2, 0.25) is 0 Å². The number of cyclic esters (lactones) is 2. The molecule has 0 radical (unpaired) electrons. The number of ether oxygens (including phenoxy) is 3. The lowest BCUT2D eigenvalue weighted by Gasteiger charge is -2.43. The number of hydrogen-bond acceptors (Lipinski definition) is 6. The molecular weight excluding hydrogens is 465 g/mol. The summed E-state index contributed by atoms with van der Waals surface area (Å²) in [7, 11) is 0. The van der Waals surface area contributed by atoms with E-state index in [2.05, 4.69) is 5.32 Å². The third kappa shape index (κ3) is 6.62. The number of nitrogens with one attached hydrogen (secondary N) is 1. The summed E-state index contributed by atoms with van der Waals surface area (Å²) in [5.74, 6) is -3.13. The van der Waals surface area contributed by atoms with Crippen molar-refractivity contribution < 1.29 is 33.0 Å². The number of benzene rings is 2. The van der Waals surface area contributed by atoms with Gasteiger partial charge in [0, 0.05) is 19.4 Å². The monoisotopic (exact) mass is 499 g/mol. The first kappa shape index (κ1) is 27.2. The van der Waals surface area contributed by atoms with Gasteiger partial charge < -0.3 is 19.5 Å². The normalized spacial score (nSPS) is 18.4. The summed E-state index contributed by atoms with van der Waals surface area (Å²) >= 11 is 0. The van der Waals surface area contributed by atoms with Crippen LogP contribution in [0.4, 0.5) is 9.18 Å². The summed E-state index contributed by atoms with van der Waals surface area (Å²) in [6.45, 7) is 11.4. The molecule has 0 spiro atoms. The maximum absolute atomic E-state index is 13.6. The Hall–Kier alpha value is -3.42. The van der Waals surface area contributed by atoms with E-state index in [0.29, 0.717) is 0 Å². The zero-order chi connectivity index (χ0) is 26.9. The van der Waals surface area contributed by atoms with Gasteiger partial charge in [-0.3, -0.25) is 9.59 Å². The Labute approximate surface area is 211 Å². The molecule has 7 nitrogen and oxygen atoms in total. The second kappa shape index (κ2) is 9.56. The van der Waals surface area contributed by atoms with E-state index in [-0.39, 0.29) is 18.7 Å². The molecule has 1 N–H and O–H groups in total. The summed E-state index contributed by atoms with van der Waals surface area (Å²) in [4.78, 5) is 38.6. The van der Waals surface area contributed by atoms with Crippen molar-refractivity contribution in [1.29, 1.82) is 0 Å². The third-order valence-corrected chi connectivity index (χ3v) is 5.83. The van der Waals surface area contributed by atoms with E-state index in [1.54, 1.807) is 33.8 Å². The van der Waals surface area contributed by atoms with Gasteiger partial charge in [0.1, 0.15) is 11.4 Å². The van der Waals surface area contributed by atoms with Crippen LogP contribution in [0.1, 0.15) is 60.5 Å². The van der Waals surface area contributed by atoms with Crippen molar-refractivity contribution in [2.45, 2.75) is 78.2 Å². The predicted molar refractivity (Wildman–Crippen MR) is 132 cm³/mol. The summed E-state index contributed by atoms with van der Waals surface area (Å²) in [6, 6.07) is 13.7. The molecule has 2 aromatic carbocycles. The number of amides is 1. The highest BCUT2D eigenvalue weighted by atomic mass is 19.1. The van der Waals surface area contributed by atoms with Crippen molar-refractivity contribution in [3.8, 4) is 11.1 Å². The minimum Gasteiger partial charge on any atom is -0.444 e. The molecule has 1 amide bonds. The maximum Gasteiger partial charge on any atom is 0.408 e. The lowest BCUT2D eigenvalue weighted by Crippen LogP contribution is -2.59. The first-order chi connectivity index (χ1) is 16.5. The van der Waals surface area contributed by atoms with Crippen LogP contribution in [0.15, 0.2) is 48.5 Å². The number of carbonyl (C=O) groups is 3. The van der Waals surface area contributed by atoms with Gasteiger partial charge in [-0.2, -0.15) is 0 Å². The van der Waals surface area contributed by atoms with Crippen LogP contribution in [0.3, 0.4) is 0 Å². The molecule has 1 heterocycles. The quantitative estimate of drug-likeness (QED) is 0.414. The molecule has 3 rings (SSSR count). The van der Waals surface area contributed by atoms with E-state index in [0.717, 1.165) is 16.7 Å². The summed E-state index contributed by atoms with van der Waals surface area (Å²) < 4.78 is 29.8. The van der Waals surface area contributed by atoms with E-state index >= 15 is 0 Å². The fourth-order valence-corrected chi connectivity index (χ4v) is 4.34. The number of halogens is 1. The molecule has 0 saturated carbocycles. The molecule has 0 aromatic heterocycles. The lowest BCUT2D eigenvalue weighted by atomic mass is 9.74. The number of rotatable bonds is 6. The van der Waals surface area contributed by atoms with Gasteiger partial charge in [0.05, 0.1) is 0 Å². The lowest BCUT2D eigenvalue weighted by molar-refractivity contribution is -0.251. The molecule has 1 atom stereocenters. The molecule has 0 aliphatic carbocycles. The highest BCUT2D eigenvalue weighted by Crippen LogP contribution is 2.39. The summed E-state index contributed by atoms with van der Waals surface area (Å²) in [5, 5.41) is 2.86. The van der Waals surface area contributed by atoms with E-state index in [9.17, 15) is 18.8 Å². The zero-order valence-corrected chi connectivity index (χ0v) is 21.9. The largest absolute Gasteiger partial charge is 0.444 e. The standard InChI is InChI=1S/C28H34FNO6/c1-25(2,3)36-24(33)30-27(6,17-28(7)22(31)34-26(4,5)35-23(28)32)16-18-11-13-19(14-12-18)20-9-8-10-21(29)15-20/h8-15H,16-17H2,1-7H3,(H,30,33)/t27-/m0/s1.